The van der Waals surface area contributed by atoms with Crippen LogP contribution >= 0.6 is 0 Å². The Kier molecular flexibility index (Phi) is 4.91. The molecule has 0 saturated heterocycles. The second kappa shape index (κ2) is 7.55. The van der Waals surface area contributed by atoms with E-state index in [1.807, 2.05) is 19.9 Å². The Hall–Kier alpha value is -3.80. The van der Waals surface area contributed by atoms with E-state index >= 15 is 0 Å². The molecule has 0 aromatic heterocycles. The van der Waals surface area contributed by atoms with Gasteiger partial charge in [0.15, 0.2) is 11.6 Å². The molecule has 0 unspecified atom stereocenters. The highest BCUT2D eigenvalue weighted by molar-refractivity contribution is 6.46. The number of hydrogen-bond donors (Lipinski definition) is 1. The second-order valence-corrected chi connectivity index (χ2v) is 7.08. The van der Waals surface area contributed by atoms with Gasteiger partial charge in [-0.3, -0.25) is 9.59 Å². The number of halogens is 2. The van der Waals surface area contributed by atoms with Gasteiger partial charge in [-0.05, 0) is 54.8 Å². The highest BCUT2D eigenvalue weighted by Gasteiger charge is 2.40. The topological polar surface area (TPSA) is 49.4 Å². The number of amides is 2. The molecule has 3 aromatic rings. The summed E-state index contributed by atoms with van der Waals surface area (Å²) in [7, 11) is 0. The van der Waals surface area contributed by atoms with E-state index in [1.165, 1.54) is 6.07 Å². The first-order chi connectivity index (χ1) is 14.4. The standard InChI is InChI=1S/C24H18F2N2O2/c1-14-8-10-18(12-15(14)2)28-23(29)21(16-6-4-3-5-7-16)22(24(28)30)27-17-9-11-19(25)20(26)13-17/h3-13,27H,1-2H3. The van der Waals surface area contributed by atoms with Gasteiger partial charge in [0, 0.05) is 11.8 Å². The second-order valence-electron chi connectivity index (χ2n) is 7.08. The third-order valence-corrected chi connectivity index (χ3v) is 5.08. The van der Waals surface area contributed by atoms with Crippen LogP contribution in [-0.2, 0) is 9.59 Å². The molecule has 0 fully saturated rings. The summed E-state index contributed by atoms with van der Waals surface area (Å²) in [6.45, 7) is 3.84. The molecular formula is C24H18F2N2O2. The summed E-state index contributed by atoms with van der Waals surface area (Å²) in [5.41, 5.74) is 3.32. The van der Waals surface area contributed by atoms with Gasteiger partial charge in [0.05, 0.1) is 11.3 Å². The van der Waals surface area contributed by atoms with E-state index in [4.69, 9.17) is 0 Å². The fraction of sp³-hybridized carbons (Fsp3) is 0.0833. The third-order valence-electron chi connectivity index (χ3n) is 5.08. The molecule has 0 spiro atoms. The maximum atomic E-state index is 13.7. The number of anilines is 2. The summed E-state index contributed by atoms with van der Waals surface area (Å²) in [4.78, 5) is 27.7. The van der Waals surface area contributed by atoms with Crippen LogP contribution in [0.25, 0.3) is 5.57 Å². The van der Waals surface area contributed by atoms with Crippen molar-refractivity contribution in [2.45, 2.75) is 13.8 Å². The minimum Gasteiger partial charge on any atom is -0.350 e. The first kappa shape index (κ1) is 19.5. The molecule has 0 aliphatic carbocycles. The van der Waals surface area contributed by atoms with Crippen LogP contribution in [0, 0.1) is 25.5 Å². The Morgan fingerprint density at radius 3 is 2.17 bits per heavy atom. The third kappa shape index (κ3) is 3.37. The van der Waals surface area contributed by atoms with Gasteiger partial charge in [0.2, 0.25) is 0 Å². The summed E-state index contributed by atoms with van der Waals surface area (Å²) in [5, 5.41) is 2.82. The molecule has 4 nitrogen and oxygen atoms in total. The Bertz CT molecular complexity index is 1200. The Morgan fingerprint density at radius 2 is 1.50 bits per heavy atom. The van der Waals surface area contributed by atoms with E-state index < -0.39 is 23.4 Å². The maximum Gasteiger partial charge on any atom is 0.282 e. The number of imide groups is 1. The maximum absolute atomic E-state index is 13.7. The van der Waals surface area contributed by atoms with Crippen molar-refractivity contribution in [3.8, 4) is 0 Å². The van der Waals surface area contributed by atoms with Crippen LogP contribution in [-0.4, -0.2) is 11.8 Å². The van der Waals surface area contributed by atoms with Gasteiger partial charge in [0.1, 0.15) is 5.70 Å². The lowest BCUT2D eigenvalue weighted by Crippen LogP contribution is -2.32. The van der Waals surface area contributed by atoms with Crippen molar-refractivity contribution in [3.63, 3.8) is 0 Å². The van der Waals surface area contributed by atoms with Crippen molar-refractivity contribution in [2.24, 2.45) is 0 Å². The zero-order valence-corrected chi connectivity index (χ0v) is 16.4. The molecular weight excluding hydrogens is 386 g/mol. The Labute approximate surface area is 172 Å². The zero-order valence-electron chi connectivity index (χ0n) is 16.4. The molecule has 150 valence electrons. The SMILES string of the molecule is Cc1ccc(N2C(=O)C(Nc3ccc(F)c(F)c3)=C(c3ccccc3)C2=O)cc1C. The number of nitrogens with one attached hydrogen (secondary N) is 1. The number of nitrogens with zero attached hydrogens (tertiary/aromatic N) is 1. The number of carbonyl (C=O) groups excluding carboxylic acids is 2. The molecule has 1 heterocycles. The van der Waals surface area contributed by atoms with Crippen molar-refractivity contribution in [1.82, 2.24) is 0 Å². The van der Waals surface area contributed by atoms with E-state index in [-0.39, 0.29) is 17.0 Å². The number of rotatable bonds is 4. The number of aryl methyl sites for hydroxylation is 2. The quantitative estimate of drug-likeness (QED) is 0.624. The summed E-state index contributed by atoms with van der Waals surface area (Å²) < 4.78 is 27.0. The molecule has 0 atom stereocenters. The first-order valence-electron chi connectivity index (χ1n) is 9.34. The molecule has 2 amide bonds. The summed E-state index contributed by atoms with van der Waals surface area (Å²) >= 11 is 0. The van der Waals surface area contributed by atoms with Gasteiger partial charge in [-0.25, -0.2) is 13.7 Å². The largest absolute Gasteiger partial charge is 0.350 e. The Morgan fingerprint density at radius 1 is 0.767 bits per heavy atom. The van der Waals surface area contributed by atoms with Crippen molar-refractivity contribution in [3.05, 3.63) is 101 Å². The summed E-state index contributed by atoms with van der Waals surface area (Å²) in [6.07, 6.45) is 0. The molecule has 4 rings (SSSR count). The van der Waals surface area contributed by atoms with Gasteiger partial charge < -0.3 is 5.32 Å². The van der Waals surface area contributed by atoms with Gasteiger partial charge in [-0.2, -0.15) is 0 Å². The molecule has 0 bridgehead atoms. The molecule has 1 aliphatic heterocycles. The molecule has 6 heteroatoms. The molecule has 0 radical (unpaired) electrons. The van der Waals surface area contributed by atoms with Crippen molar-refractivity contribution in [1.29, 1.82) is 0 Å². The monoisotopic (exact) mass is 404 g/mol. The van der Waals surface area contributed by atoms with Crippen LogP contribution in [0.2, 0.25) is 0 Å². The fourth-order valence-electron chi connectivity index (χ4n) is 3.34. The van der Waals surface area contributed by atoms with E-state index in [0.29, 0.717) is 11.3 Å². The van der Waals surface area contributed by atoms with Crippen LogP contribution in [0.3, 0.4) is 0 Å². The van der Waals surface area contributed by atoms with Crippen molar-refractivity contribution < 1.29 is 18.4 Å². The molecule has 30 heavy (non-hydrogen) atoms. The van der Waals surface area contributed by atoms with E-state index in [0.717, 1.165) is 28.2 Å². The predicted molar refractivity (Wildman–Crippen MR) is 112 cm³/mol. The molecule has 1 N–H and O–H groups in total. The zero-order chi connectivity index (χ0) is 21.4. The lowest BCUT2D eigenvalue weighted by Gasteiger charge is -2.17. The average molecular weight is 404 g/mol. The highest BCUT2D eigenvalue weighted by atomic mass is 19.2. The van der Waals surface area contributed by atoms with Crippen LogP contribution in [0.4, 0.5) is 20.2 Å². The van der Waals surface area contributed by atoms with Gasteiger partial charge >= 0.3 is 0 Å². The number of benzene rings is 3. The molecule has 1 aliphatic rings. The normalized spacial score (nSPS) is 13.9. The lowest BCUT2D eigenvalue weighted by atomic mass is 10.0. The van der Waals surface area contributed by atoms with Gasteiger partial charge in [0.25, 0.3) is 11.8 Å². The summed E-state index contributed by atoms with van der Waals surface area (Å²) in [6, 6.07) is 17.3. The first-order valence-corrected chi connectivity index (χ1v) is 9.34. The van der Waals surface area contributed by atoms with Crippen molar-refractivity contribution in [2.75, 3.05) is 10.2 Å². The summed E-state index contributed by atoms with van der Waals surface area (Å²) in [5.74, 6) is -3.10. The lowest BCUT2D eigenvalue weighted by molar-refractivity contribution is -0.120. The van der Waals surface area contributed by atoms with E-state index in [9.17, 15) is 18.4 Å². The number of carbonyl (C=O) groups is 2. The fourth-order valence-corrected chi connectivity index (χ4v) is 3.34. The minimum atomic E-state index is -1.05. The van der Waals surface area contributed by atoms with Gasteiger partial charge in [-0.15, -0.1) is 0 Å². The smallest absolute Gasteiger partial charge is 0.282 e. The van der Waals surface area contributed by atoms with Crippen LogP contribution in [0.5, 0.6) is 0 Å². The molecule has 0 saturated carbocycles. The predicted octanol–water partition coefficient (Wildman–Crippen LogP) is 4.98. The highest BCUT2D eigenvalue weighted by Crippen LogP contribution is 2.34. The number of hydrogen-bond acceptors (Lipinski definition) is 3. The Balaban J connectivity index is 1.82. The van der Waals surface area contributed by atoms with Gasteiger partial charge in [-0.1, -0.05) is 36.4 Å². The van der Waals surface area contributed by atoms with E-state index in [2.05, 4.69) is 5.32 Å². The van der Waals surface area contributed by atoms with Crippen molar-refractivity contribution >= 4 is 28.8 Å². The molecule has 3 aromatic carbocycles. The minimum absolute atomic E-state index is 0.00966. The van der Waals surface area contributed by atoms with Crippen LogP contribution in [0.1, 0.15) is 16.7 Å². The van der Waals surface area contributed by atoms with E-state index in [1.54, 1.807) is 42.5 Å². The average Bonchev–Trinajstić information content (AvgIpc) is 2.97. The van der Waals surface area contributed by atoms with Crippen LogP contribution < -0.4 is 10.2 Å². The van der Waals surface area contributed by atoms with Crippen LogP contribution in [0.15, 0.2) is 72.4 Å².